The van der Waals surface area contributed by atoms with E-state index in [4.69, 9.17) is 0 Å². The second-order valence-electron chi connectivity index (χ2n) is 22.1. The van der Waals surface area contributed by atoms with Gasteiger partial charge in [0.05, 0.1) is 0 Å². The van der Waals surface area contributed by atoms with Crippen molar-refractivity contribution in [3.05, 3.63) is 265 Å². The van der Waals surface area contributed by atoms with Crippen LogP contribution < -0.4 is 0 Å². The Labute approximate surface area is 442 Å². The van der Waals surface area contributed by atoms with Crippen LogP contribution in [0.1, 0.15) is 49.9 Å². The van der Waals surface area contributed by atoms with Gasteiger partial charge in [0.25, 0.3) is 0 Å². The molecular formula is C74H52S. The van der Waals surface area contributed by atoms with Crippen molar-refractivity contribution in [3.63, 3.8) is 0 Å². The van der Waals surface area contributed by atoms with E-state index < -0.39 is 0 Å². The van der Waals surface area contributed by atoms with Crippen molar-refractivity contribution in [1.82, 2.24) is 0 Å². The lowest BCUT2D eigenvalue weighted by Crippen LogP contribution is -2.15. The highest BCUT2D eigenvalue weighted by atomic mass is 32.1. The minimum absolute atomic E-state index is 0.0336. The molecule has 0 saturated carbocycles. The SMILES string of the molecule is CC1(C)c2ccccc2-c2ccc(-c3cccc(-c4cccc5c4sc4ccc(-c6ccc7c(c6)C(C)(C)c6cc(-c8cccc(-c9ccc%10cc(-c%11ccc%12ccccc%12c%11)ccc%10c9)c8)ccc6-7)cc45)c3)cc21. The van der Waals surface area contributed by atoms with Gasteiger partial charge in [-0.1, -0.05) is 210 Å². The summed E-state index contributed by atoms with van der Waals surface area (Å²) in [5.41, 5.74) is 25.8. The summed E-state index contributed by atoms with van der Waals surface area (Å²) in [6.07, 6.45) is 0. The van der Waals surface area contributed by atoms with Crippen LogP contribution in [0.2, 0.25) is 0 Å². The van der Waals surface area contributed by atoms with Crippen molar-refractivity contribution in [3.8, 4) is 89.0 Å². The Morgan fingerprint density at radius 3 is 1.23 bits per heavy atom. The topological polar surface area (TPSA) is 0 Å². The Morgan fingerprint density at radius 1 is 0.240 bits per heavy atom. The molecule has 354 valence electrons. The molecule has 0 nitrogen and oxygen atoms in total. The smallest absolute Gasteiger partial charge is 0.0433 e. The summed E-state index contributed by atoms with van der Waals surface area (Å²) in [4.78, 5) is 0. The van der Waals surface area contributed by atoms with E-state index in [0.29, 0.717) is 0 Å². The maximum absolute atomic E-state index is 2.46. The largest absolute Gasteiger partial charge is 0.135 e. The Morgan fingerprint density at radius 2 is 0.627 bits per heavy atom. The predicted octanol–water partition coefficient (Wildman–Crippen LogP) is 21.0. The first-order valence-corrected chi connectivity index (χ1v) is 27.2. The van der Waals surface area contributed by atoms with Crippen molar-refractivity contribution >= 4 is 53.1 Å². The van der Waals surface area contributed by atoms with Crippen LogP contribution in [0.25, 0.3) is 131 Å². The third kappa shape index (κ3) is 6.95. The summed E-state index contributed by atoms with van der Waals surface area (Å²) in [7, 11) is 0. The molecule has 0 atom stereocenters. The number of thiophene rings is 1. The zero-order chi connectivity index (χ0) is 50.2. The lowest BCUT2D eigenvalue weighted by Gasteiger charge is -2.22. The molecule has 0 N–H and O–H groups in total. The highest BCUT2D eigenvalue weighted by molar-refractivity contribution is 7.26. The van der Waals surface area contributed by atoms with E-state index in [1.165, 1.54) is 153 Å². The van der Waals surface area contributed by atoms with E-state index in [2.05, 4.69) is 270 Å². The number of rotatable bonds is 6. The average Bonchev–Trinajstić information content (AvgIpc) is 4.07. The molecular weight excluding hydrogens is 921 g/mol. The quantitative estimate of drug-likeness (QED) is 0.156. The molecule has 0 bridgehead atoms. The molecule has 2 aliphatic rings. The summed E-state index contributed by atoms with van der Waals surface area (Å²) < 4.78 is 2.65. The van der Waals surface area contributed by atoms with Crippen LogP contribution in [0.15, 0.2) is 243 Å². The first-order valence-electron chi connectivity index (χ1n) is 26.4. The molecule has 75 heavy (non-hydrogen) atoms. The van der Waals surface area contributed by atoms with Crippen molar-refractivity contribution in [2.24, 2.45) is 0 Å². The molecule has 0 amide bonds. The Bertz CT molecular complexity index is 4540. The van der Waals surface area contributed by atoms with Gasteiger partial charge < -0.3 is 0 Å². The summed E-state index contributed by atoms with van der Waals surface area (Å²) in [6.45, 7) is 9.53. The van der Waals surface area contributed by atoms with Crippen LogP contribution in [0.5, 0.6) is 0 Å². The van der Waals surface area contributed by atoms with E-state index in [0.717, 1.165) is 0 Å². The zero-order valence-electron chi connectivity index (χ0n) is 42.5. The maximum Gasteiger partial charge on any atom is 0.0433 e. The molecule has 15 rings (SSSR count). The van der Waals surface area contributed by atoms with E-state index in [9.17, 15) is 0 Å². The van der Waals surface area contributed by atoms with Crippen molar-refractivity contribution in [2.45, 2.75) is 38.5 Å². The minimum Gasteiger partial charge on any atom is -0.135 e. The third-order valence-corrected chi connectivity index (χ3v) is 18.3. The molecule has 1 heterocycles. The van der Waals surface area contributed by atoms with Crippen LogP contribution in [0.4, 0.5) is 0 Å². The van der Waals surface area contributed by atoms with Gasteiger partial charge in [-0.05, 0) is 193 Å². The Hall–Kier alpha value is -8.62. The molecule has 1 aromatic heterocycles. The molecule has 0 radical (unpaired) electrons. The highest BCUT2D eigenvalue weighted by Crippen LogP contribution is 2.52. The van der Waals surface area contributed by atoms with Gasteiger partial charge >= 0.3 is 0 Å². The molecule has 0 spiro atoms. The van der Waals surface area contributed by atoms with Gasteiger partial charge in [-0.2, -0.15) is 0 Å². The molecule has 12 aromatic carbocycles. The summed E-state index contributed by atoms with van der Waals surface area (Å²) in [6, 6.07) is 91.5. The zero-order valence-corrected chi connectivity index (χ0v) is 43.3. The Balaban J connectivity index is 0.709. The molecule has 1 heteroatoms. The van der Waals surface area contributed by atoms with Gasteiger partial charge in [-0.25, -0.2) is 0 Å². The second kappa shape index (κ2) is 16.4. The van der Waals surface area contributed by atoms with E-state index >= 15 is 0 Å². The molecule has 13 aromatic rings. The number of fused-ring (bicyclic) bond motifs is 11. The maximum atomic E-state index is 2.46. The number of hydrogen-bond acceptors (Lipinski definition) is 1. The van der Waals surface area contributed by atoms with Crippen molar-refractivity contribution < 1.29 is 0 Å². The summed E-state index contributed by atoms with van der Waals surface area (Å²) in [5, 5.41) is 7.66. The van der Waals surface area contributed by atoms with E-state index in [1.807, 2.05) is 11.3 Å². The molecule has 0 unspecified atom stereocenters. The van der Waals surface area contributed by atoms with Crippen molar-refractivity contribution in [1.29, 1.82) is 0 Å². The highest BCUT2D eigenvalue weighted by Gasteiger charge is 2.37. The van der Waals surface area contributed by atoms with Crippen LogP contribution in [0.3, 0.4) is 0 Å². The van der Waals surface area contributed by atoms with Gasteiger partial charge in [0.1, 0.15) is 0 Å². The minimum atomic E-state index is -0.165. The standard InChI is InChI=1S/C74H52S/c1-73(2)67-21-8-7-18-61(67)62-32-28-57(42-68(62)73)49-16-10-17-59(40-49)60-19-11-20-65-66-41-55(31-35-71(66)75-72(60)65)58-30-34-64-63-33-29-56(43-69(63)74(3,4)70(64)44-58)48-15-9-14-47(37-48)50-24-25-54-39-53(27-26-52(54)38-50)51-23-22-45-12-5-6-13-46(45)36-51/h5-44H,1-4H3. The van der Waals surface area contributed by atoms with Crippen LogP contribution in [-0.2, 0) is 10.8 Å². The number of benzene rings is 12. The van der Waals surface area contributed by atoms with Gasteiger partial charge in [-0.15, -0.1) is 11.3 Å². The van der Waals surface area contributed by atoms with Gasteiger partial charge in [0, 0.05) is 31.0 Å². The Kier molecular flexibility index (Phi) is 9.63. The molecule has 0 saturated heterocycles. The second-order valence-corrected chi connectivity index (χ2v) is 23.1. The lowest BCUT2D eigenvalue weighted by molar-refractivity contribution is 0.660. The fourth-order valence-electron chi connectivity index (χ4n) is 12.9. The lowest BCUT2D eigenvalue weighted by atomic mass is 9.80. The van der Waals surface area contributed by atoms with Gasteiger partial charge in [0.2, 0.25) is 0 Å². The van der Waals surface area contributed by atoms with Crippen molar-refractivity contribution in [2.75, 3.05) is 0 Å². The van der Waals surface area contributed by atoms with E-state index in [1.54, 1.807) is 0 Å². The third-order valence-electron chi connectivity index (χ3n) is 17.0. The van der Waals surface area contributed by atoms with Gasteiger partial charge in [0.15, 0.2) is 0 Å². The summed E-state index contributed by atoms with van der Waals surface area (Å²) in [5.74, 6) is 0. The van der Waals surface area contributed by atoms with Gasteiger partial charge in [-0.3, -0.25) is 0 Å². The van der Waals surface area contributed by atoms with E-state index in [-0.39, 0.29) is 10.8 Å². The van der Waals surface area contributed by atoms with Crippen LogP contribution in [0, 0.1) is 0 Å². The fraction of sp³-hybridized carbons (Fsp3) is 0.0811. The van der Waals surface area contributed by atoms with Crippen LogP contribution >= 0.6 is 11.3 Å². The van der Waals surface area contributed by atoms with Crippen LogP contribution in [-0.4, -0.2) is 0 Å². The first kappa shape index (κ1) is 43.9. The predicted molar refractivity (Wildman–Crippen MR) is 322 cm³/mol. The molecule has 2 aliphatic carbocycles. The average molecular weight is 973 g/mol. The fourth-order valence-corrected chi connectivity index (χ4v) is 14.1. The first-order chi connectivity index (χ1) is 36.6. The number of hydrogen-bond donors (Lipinski definition) is 0. The summed E-state index contributed by atoms with van der Waals surface area (Å²) >= 11 is 1.91. The molecule has 0 fully saturated rings. The molecule has 0 aliphatic heterocycles. The normalized spacial score (nSPS) is 13.8. The monoisotopic (exact) mass is 972 g/mol.